The first-order valence-corrected chi connectivity index (χ1v) is 5.68. The Morgan fingerprint density at radius 2 is 2.41 bits per heavy atom. The lowest BCUT2D eigenvalue weighted by molar-refractivity contribution is 0.497. The molecule has 6 heteroatoms. The second-order valence-corrected chi connectivity index (χ2v) is 4.28. The largest absolute Gasteiger partial charge is 0.431 e. The highest BCUT2D eigenvalue weighted by molar-refractivity contribution is 5.10. The van der Waals surface area contributed by atoms with E-state index >= 15 is 0 Å². The Morgan fingerprint density at radius 1 is 1.53 bits per heavy atom. The van der Waals surface area contributed by atoms with Crippen molar-refractivity contribution in [3.63, 3.8) is 0 Å². The summed E-state index contributed by atoms with van der Waals surface area (Å²) >= 11 is 0. The Bertz CT molecular complexity index is 574. The normalized spacial score (nSPS) is 19.9. The van der Waals surface area contributed by atoms with E-state index in [1.54, 1.807) is 17.0 Å². The molecule has 17 heavy (non-hydrogen) atoms. The summed E-state index contributed by atoms with van der Waals surface area (Å²) in [6.45, 7) is 3.63. The molecule has 0 amide bonds. The predicted molar refractivity (Wildman–Crippen MR) is 61.4 cm³/mol. The molecule has 0 spiro atoms. The van der Waals surface area contributed by atoms with Crippen LogP contribution in [0.15, 0.2) is 27.9 Å². The van der Waals surface area contributed by atoms with Crippen molar-refractivity contribution in [3.05, 3.63) is 34.8 Å². The number of nitrogens with zero attached hydrogens (tertiary/aromatic N) is 3. The molecule has 0 aromatic carbocycles. The molecule has 1 aliphatic heterocycles. The van der Waals surface area contributed by atoms with Gasteiger partial charge in [-0.2, -0.15) is 4.98 Å². The van der Waals surface area contributed by atoms with E-state index in [1.807, 2.05) is 6.92 Å². The third kappa shape index (κ3) is 1.70. The van der Waals surface area contributed by atoms with Crippen LogP contribution in [0.5, 0.6) is 0 Å². The van der Waals surface area contributed by atoms with Crippen LogP contribution in [0.25, 0.3) is 6.01 Å². The van der Waals surface area contributed by atoms with Gasteiger partial charge in [0.05, 0.1) is 11.7 Å². The van der Waals surface area contributed by atoms with Gasteiger partial charge >= 0.3 is 11.7 Å². The van der Waals surface area contributed by atoms with Gasteiger partial charge in [-0.05, 0) is 19.9 Å². The number of aryl methyl sites for hydroxylation is 1. The number of nitrogens with one attached hydrogen (secondary N) is 1. The third-order valence-corrected chi connectivity index (χ3v) is 3.04. The maximum absolute atomic E-state index is 12.2. The average molecular weight is 234 g/mol. The van der Waals surface area contributed by atoms with E-state index in [2.05, 4.69) is 10.3 Å². The molecule has 6 nitrogen and oxygen atoms in total. The van der Waals surface area contributed by atoms with Gasteiger partial charge in [-0.15, -0.1) is 0 Å². The first kappa shape index (κ1) is 10.3. The minimum absolute atomic E-state index is 0.0967. The zero-order valence-corrected chi connectivity index (χ0v) is 9.59. The van der Waals surface area contributed by atoms with Gasteiger partial charge in [0.15, 0.2) is 0 Å². The highest BCUT2D eigenvalue weighted by atomic mass is 16.4. The van der Waals surface area contributed by atoms with Gasteiger partial charge in [-0.25, -0.2) is 9.36 Å². The van der Waals surface area contributed by atoms with Crippen molar-refractivity contribution in [2.45, 2.75) is 19.4 Å². The molecule has 90 valence electrons. The van der Waals surface area contributed by atoms with Gasteiger partial charge in [0.1, 0.15) is 6.26 Å². The fourth-order valence-electron chi connectivity index (χ4n) is 2.14. The Balaban J connectivity index is 2.00. The maximum Gasteiger partial charge on any atom is 0.336 e. The summed E-state index contributed by atoms with van der Waals surface area (Å²) in [5.74, 6) is 0. The maximum atomic E-state index is 12.2. The quantitative estimate of drug-likeness (QED) is 0.820. The zero-order valence-electron chi connectivity index (χ0n) is 9.59. The van der Waals surface area contributed by atoms with E-state index < -0.39 is 0 Å². The van der Waals surface area contributed by atoms with E-state index in [1.165, 1.54) is 10.8 Å². The number of imidazole rings is 1. The SMILES string of the molecule is Cc1coc(-n2ccn(C3CCNC3)c2=O)n1. The molecule has 0 saturated carbocycles. The summed E-state index contributed by atoms with van der Waals surface area (Å²) < 4.78 is 8.40. The fraction of sp³-hybridized carbons (Fsp3) is 0.455. The summed E-state index contributed by atoms with van der Waals surface area (Å²) in [6.07, 6.45) is 6.01. The number of oxazole rings is 1. The molecule has 3 rings (SSSR count). The summed E-state index contributed by atoms with van der Waals surface area (Å²) in [7, 11) is 0. The molecule has 0 aliphatic carbocycles. The van der Waals surface area contributed by atoms with Crippen LogP contribution in [0.4, 0.5) is 0 Å². The number of rotatable bonds is 2. The molecule has 1 unspecified atom stereocenters. The molecule has 0 bridgehead atoms. The van der Waals surface area contributed by atoms with Crippen molar-refractivity contribution in [1.29, 1.82) is 0 Å². The lowest BCUT2D eigenvalue weighted by Crippen LogP contribution is -2.27. The van der Waals surface area contributed by atoms with E-state index in [0.29, 0.717) is 6.01 Å². The van der Waals surface area contributed by atoms with Crippen LogP contribution in [0, 0.1) is 6.92 Å². The smallest absolute Gasteiger partial charge is 0.336 e. The van der Waals surface area contributed by atoms with Crippen LogP contribution < -0.4 is 11.0 Å². The third-order valence-electron chi connectivity index (χ3n) is 3.04. The van der Waals surface area contributed by atoms with Crippen molar-refractivity contribution in [1.82, 2.24) is 19.4 Å². The van der Waals surface area contributed by atoms with Crippen LogP contribution in [-0.2, 0) is 0 Å². The van der Waals surface area contributed by atoms with Gasteiger partial charge < -0.3 is 9.73 Å². The second kappa shape index (κ2) is 3.89. The van der Waals surface area contributed by atoms with E-state index in [-0.39, 0.29) is 11.7 Å². The molecule has 2 aromatic rings. The van der Waals surface area contributed by atoms with Crippen LogP contribution in [0.2, 0.25) is 0 Å². The van der Waals surface area contributed by atoms with Crippen molar-refractivity contribution in [2.75, 3.05) is 13.1 Å². The molecular weight excluding hydrogens is 220 g/mol. The summed E-state index contributed by atoms with van der Waals surface area (Å²) in [6, 6.07) is 0.567. The Kier molecular flexibility index (Phi) is 2.36. The second-order valence-electron chi connectivity index (χ2n) is 4.28. The van der Waals surface area contributed by atoms with Gasteiger partial charge in [-0.3, -0.25) is 4.57 Å². The molecule has 1 saturated heterocycles. The van der Waals surface area contributed by atoms with E-state index in [0.717, 1.165) is 25.2 Å². The van der Waals surface area contributed by atoms with Crippen molar-refractivity contribution in [2.24, 2.45) is 0 Å². The molecule has 0 radical (unpaired) electrons. The first-order valence-electron chi connectivity index (χ1n) is 5.68. The summed E-state index contributed by atoms with van der Waals surface area (Å²) in [5.41, 5.74) is 0.669. The zero-order chi connectivity index (χ0) is 11.8. The lowest BCUT2D eigenvalue weighted by Gasteiger charge is -2.07. The lowest BCUT2D eigenvalue weighted by atomic mass is 10.3. The van der Waals surface area contributed by atoms with Gasteiger partial charge in [0.2, 0.25) is 0 Å². The van der Waals surface area contributed by atoms with E-state index in [4.69, 9.17) is 4.42 Å². The molecule has 1 aliphatic rings. The Morgan fingerprint density at radius 3 is 3.06 bits per heavy atom. The van der Waals surface area contributed by atoms with Gasteiger partial charge in [-0.1, -0.05) is 0 Å². The number of hydrogen-bond donors (Lipinski definition) is 1. The van der Waals surface area contributed by atoms with Crippen LogP contribution in [0.1, 0.15) is 18.2 Å². The van der Waals surface area contributed by atoms with Crippen molar-refractivity contribution in [3.8, 4) is 6.01 Å². The van der Waals surface area contributed by atoms with Crippen LogP contribution in [-0.4, -0.2) is 27.2 Å². The highest BCUT2D eigenvalue weighted by Gasteiger charge is 2.20. The number of hydrogen-bond acceptors (Lipinski definition) is 4. The van der Waals surface area contributed by atoms with Gasteiger partial charge in [0.25, 0.3) is 0 Å². The molecule has 1 atom stereocenters. The molecule has 2 aromatic heterocycles. The highest BCUT2D eigenvalue weighted by Crippen LogP contribution is 2.13. The topological polar surface area (TPSA) is 65.0 Å². The Labute approximate surface area is 97.9 Å². The molecule has 1 fully saturated rings. The molecule has 3 heterocycles. The standard InChI is InChI=1S/C11H14N4O2/c1-8-7-17-10(13-8)15-5-4-14(11(15)16)9-2-3-12-6-9/h4-5,7,9,12H,2-3,6H2,1H3. The summed E-state index contributed by atoms with van der Waals surface area (Å²) in [5, 5.41) is 3.24. The monoisotopic (exact) mass is 234 g/mol. The minimum atomic E-state index is -0.0967. The minimum Gasteiger partial charge on any atom is -0.431 e. The summed E-state index contributed by atoms with van der Waals surface area (Å²) in [4.78, 5) is 16.3. The predicted octanol–water partition coefficient (Wildman–Crippen LogP) is 0.470. The van der Waals surface area contributed by atoms with E-state index in [9.17, 15) is 4.79 Å². The van der Waals surface area contributed by atoms with Crippen molar-refractivity contribution >= 4 is 0 Å². The fourth-order valence-corrected chi connectivity index (χ4v) is 2.14. The Hall–Kier alpha value is -1.82. The van der Waals surface area contributed by atoms with Crippen molar-refractivity contribution < 1.29 is 4.42 Å². The van der Waals surface area contributed by atoms with Crippen LogP contribution >= 0.6 is 0 Å². The number of aromatic nitrogens is 3. The van der Waals surface area contributed by atoms with Crippen LogP contribution in [0.3, 0.4) is 0 Å². The molecule has 1 N–H and O–H groups in total. The first-order chi connectivity index (χ1) is 8.25. The van der Waals surface area contributed by atoms with Gasteiger partial charge in [0, 0.05) is 18.9 Å². The molecular formula is C11H14N4O2. The average Bonchev–Trinajstić information content (AvgIpc) is 2.98.